The molecule has 1 unspecified atom stereocenters. The Morgan fingerprint density at radius 1 is 1.53 bits per heavy atom. The van der Waals surface area contributed by atoms with E-state index in [0.717, 1.165) is 34.9 Å². The number of hydrogen-bond donors (Lipinski definition) is 1. The van der Waals surface area contributed by atoms with Crippen molar-refractivity contribution >= 4 is 15.9 Å². The number of aliphatic hydroxyl groups excluding tert-OH is 1. The number of aryl methyl sites for hydroxylation is 1. The Morgan fingerprint density at radius 3 is 2.93 bits per heavy atom. The first-order chi connectivity index (χ1) is 7.16. The third-order valence-corrected chi connectivity index (χ3v) is 3.55. The second kappa shape index (κ2) is 6.09. The number of unbranched alkanes of at least 4 members (excludes halogenated alkanes) is 1. The van der Waals surface area contributed by atoms with E-state index >= 15 is 0 Å². The van der Waals surface area contributed by atoms with Crippen LogP contribution in [0.5, 0.6) is 0 Å². The van der Waals surface area contributed by atoms with Crippen LogP contribution < -0.4 is 0 Å². The van der Waals surface area contributed by atoms with Gasteiger partial charge in [-0.15, -0.1) is 6.58 Å². The molecule has 1 N–H and O–H groups in total. The van der Waals surface area contributed by atoms with Crippen molar-refractivity contribution in [3.63, 3.8) is 0 Å². The standard InChI is InChI=1S/C13H17BrO/c1-3-4-5-9-12(15)11-8-6-7-10(2)13(11)14/h3,6-8,12,15H,1,4-5,9H2,2H3. The Hall–Kier alpha value is -0.600. The maximum absolute atomic E-state index is 9.99. The van der Waals surface area contributed by atoms with E-state index < -0.39 is 0 Å². The molecule has 1 aromatic rings. The van der Waals surface area contributed by atoms with Gasteiger partial charge in [-0.05, 0) is 37.3 Å². The summed E-state index contributed by atoms with van der Waals surface area (Å²) >= 11 is 3.51. The number of rotatable bonds is 5. The molecule has 1 nitrogen and oxygen atoms in total. The number of hydrogen-bond acceptors (Lipinski definition) is 1. The molecule has 0 aliphatic rings. The van der Waals surface area contributed by atoms with Crippen LogP contribution in [0.1, 0.15) is 36.5 Å². The predicted octanol–water partition coefficient (Wildman–Crippen LogP) is 4.15. The molecule has 0 aliphatic carbocycles. The maximum Gasteiger partial charge on any atom is 0.0801 e. The maximum atomic E-state index is 9.99. The summed E-state index contributed by atoms with van der Waals surface area (Å²) in [6, 6.07) is 5.98. The number of allylic oxidation sites excluding steroid dienone is 1. The molecule has 1 aromatic carbocycles. The molecule has 1 rings (SSSR count). The van der Waals surface area contributed by atoms with Gasteiger partial charge in [-0.25, -0.2) is 0 Å². The van der Waals surface area contributed by atoms with Gasteiger partial charge in [0.25, 0.3) is 0 Å². The highest BCUT2D eigenvalue weighted by Crippen LogP contribution is 2.29. The smallest absolute Gasteiger partial charge is 0.0801 e. The second-order valence-electron chi connectivity index (χ2n) is 3.71. The third kappa shape index (κ3) is 3.47. The molecule has 82 valence electrons. The minimum Gasteiger partial charge on any atom is -0.388 e. The zero-order valence-electron chi connectivity index (χ0n) is 9.04. The largest absolute Gasteiger partial charge is 0.388 e. The van der Waals surface area contributed by atoms with Crippen molar-refractivity contribution in [2.45, 2.75) is 32.3 Å². The van der Waals surface area contributed by atoms with E-state index in [2.05, 4.69) is 22.5 Å². The van der Waals surface area contributed by atoms with Crippen LogP contribution in [0.3, 0.4) is 0 Å². The first kappa shape index (κ1) is 12.5. The highest BCUT2D eigenvalue weighted by atomic mass is 79.9. The lowest BCUT2D eigenvalue weighted by Crippen LogP contribution is -1.99. The van der Waals surface area contributed by atoms with E-state index in [4.69, 9.17) is 0 Å². The third-order valence-electron chi connectivity index (χ3n) is 2.47. The zero-order chi connectivity index (χ0) is 11.3. The summed E-state index contributed by atoms with van der Waals surface area (Å²) in [5.74, 6) is 0. The van der Waals surface area contributed by atoms with Crippen molar-refractivity contribution in [2.75, 3.05) is 0 Å². The Kier molecular flexibility index (Phi) is 5.06. The summed E-state index contributed by atoms with van der Waals surface area (Å²) in [6.07, 6.45) is 4.23. The topological polar surface area (TPSA) is 20.2 Å². The molecule has 0 fully saturated rings. The van der Waals surface area contributed by atoms with Crippen LogP contribution in [0.25, 0.3) is 0 Å². The summed E-state index contributed by atoms with van der Waals surface area (Å²) in [4.78, 5) is 0. The molecule has 0 saturated carbocycles. The lowest BCUT2D eigenvalue weighted by atomic mass is 10.0. The average molecular weight is 269 g/mol. The van der Waals surface area contributed by atoms with Gasteiger partial charge in [0.05, 0.1) is 6.10 Å². The van der Waals surface area contributed by atoms with Gasteiger partial charge in [0.1, 0.15) is 0 Å². The SMILES string of the molecule is C=CCCCC(O)c1cccc(C)c1Br. The van der Waals surface area contributed by atoms with E-state index in [9.17, 15) is 5.11 Å². The van der Waals surface area contributed by atoms with Crippen LogP contribution in [0.2, 0.25) is 0 Å². The molecule has 0 aliphatic heterocycles. The van der Waals surface area contributed by atoms with Gasteiger partial charge in [-0.2, -0.15) is 0 Å². The fraction of sp³-hybridized carbons (Fsp3) is 0.385. The normalized spacial score (nSPS) is 12.5. The molecule has 15 heavy (non-hydrogen) atoms. The van der Waals surface area contributed by atoms with Crippen molar-refractivity contribution in [3.05, 3.63) is 46.5 Å². The van der Waals surface area contributed by atoms with Crippen molar-refractivity contribution in [3.8, 4) is 0 Å². The van der Waals surface area contributed by atoms with E-state index in [-0.39, 0.29) is 6.10 Å². The van der Waals surface area contributed by atoms with Gasteiger partial charge >= 0.3 is 0 Å². The molecule has 0 radical (unpaired) electrons. The molecular formula is C13H17BrO. The fourth-order valence-corrected chi connectivity index (χ4v) is 2.07. The second-order valence-corrected chi connectivity index (χ2v) is 4.51. The first-order valence-corrected chi connectivity index (χ1v) is 6.00. The van der Waals surface area contributed by atoms with Crippen LogP contribution in [-0.4, -0.2) is 5.11 Å². The Labute approximate surface area is 100.0 Å². The molecule has 0 aromatic heterocycles. The van der Waals surface area contributed by atoms with Gasteiger partial charge < -0.3 is 5.11 Å². The van der Waals surface area contributed by atoms with E-state index in [0.29, 0.717) is 0 Å². The average Bonchev–Trinajstić information content (AvgIpc) is 2.22. The molecule has 1 atom stereocenters. The predicted molar refractivity (Wildman–Crippen MR) is 67.9 cm³/mol. The highest BCUT2D eigenvalue weighted by molar-refractivity contribution is 9.10. The highest BCUT2D eigenvalue weighted by Gasteiger charge is 2.11. The molecular weight excluding hydrogens is 252 g/mol. The van der Waals surface area contributed by atoms with Crippen molar-refractivity contribution in [1.29, 1.82) is 0 Å². The van der Waals surface area contributed by atoms with Crippen LogP contribution in [0, 0.1) is 6.92 Å². The fourth-order valence-electron chi connectivity index (χ4n) is 1.54. The minimum atomic E-state index is -0.376. The van der Waals surface area contributed by atoms with Gasteiger partial charge in [0.2, 0.25) is 0 Å². The van der Waals surface area contributed by atoms with E-state index in [1.165, 1.54) is 0 Å². The lowest BCUT2D eigenvalue weighted by Gasteiger charge is -2.13. The lowest BCUT2D eigenvalue weighted by molar-refractivity contribution is 0.164. The number of benzene rings is 1. The monoisotopic (exact) mass is 268 g/mol. The summed E-state index contributed by atoms with van der Waals surface area (Å²) in [5, 5.41) is 9.99. The quantitative estimate of drug-likeness (QED) is 0.629. The van der Waals surface area contributed by atoms with Crippen LogP contribution in [0.4, 0.5) is 0 Å². The summed E-state index contributed by atoms with van der Waals surface area (Å²) in [5.41, 5.74) is 2.15. The van der Waals surface area contributed by atoms with Gasteiger partial charge in [-0.1, -0.05) is 40.2 Å². The van der Waals surface area contributed by atoms with Crippen molar-refractivity contribution < 1.29 is 5.11 Å². The minimum absolute atomic E-state index is 0.376. The summed E-state index contributed by atoms with van der Waals surface area (Å²) < 4.78 is 1.02. The van der Waals surface area contributed by atoms with Gasteiger partial charge in [0.15, 0.2) is 0 Å². The molecule has 0 spiro atoms. The van der Waals surface area contributed by atoms with Crippen molar-refractivity contribution in [1.82, 2.24) is 0 Å². The van der Waals surface area contributed by atoms with Crippen molar-refractivity contribution in [2.24, 2.45) is 0 Å². The molecule has 0 saturated heterocycles. The van der Waals surface area contributed by atoms with Gasteiger partial charge in [-0.3, -0.25) is 0 Å². The van der Waals surface area contributed by atoms with Gasteiger partial charge in [0, 0.05) is 4.47 Å². The molecule has 0 amide bonds. The van der Waals surface area contributed by atoms with E-state index in [1.807, 2.05) is 31.2 Å². The van der Waals surface area contributed by atoms with Crippen LogP contribution in [0.15, 0.2) is 35.3 Å². The molecule has 0 heterocycles. The summed E-state index contributed by atoms with van der Waals surface area (Å²) in [6.45, 7) is 5.70. The number of halogens is 1. The zero-order valence-corrected chi connectivity index (χ0v) is 10.6. The Bertz CT molecular complexity index is 333. The van der Waals surface area contributed by atoms with Crippen LogP contribution in [-0.2, 0) is 0 Å². The molecule has 2 heteroatoms. The summed E-state index contributed by atoms with van der Waals surface area (Å²) in [7, 11) is 0. The van der Waals surface area contributed by atoms with Crippen LogP contribution >= 0.6 is 15.9 Å². The first-order valence-electron chi connectivity index (χ1n) is 5.20. The van der Waals surface area contributed by atoms with E-state index in [1.54, 1.807) is 0 Å². The number of aliphatic hydroxyl groups is 1. The molecule has 0 bridgehead atoms. The Balaban J connectivity index is 2.68. The Morgan fingerprint density at radius 2 is 2.27 bits per heavy atom.